The number of halogens is 1. The maximum Gasteiger partial charge on any atom is 0.251 e. The fourth-order valence-corrected chi connectivity index (χ4v) is 1.90. The maximum absolute atomic E-state index is 11.8. The lowest BCUT2D eigenvalue weighted by molar-refractivity contribution is 0.0953. The molecule has 0 aliphatic carbocycles. The molecule has 0 unspecified atom stereocenters. The first-order valence-electron chi connectivity index (χ1n) is 5.98. The molecule has 0 radical (unpaired) electrons. The van der Waals surface area contributed by atoms with E-state index in [1.165, 1.54) is 0 Å². The van der Waals surface area contributed by atoms with E-state index >= 15 is 0 Å². The number of nitrogens with two attached hydrogens (primary N) is 1. The molecule has 0 bridgehead atoms. The summed E-state index contributed by atoms with van der Waals surface area (Å²) in [6.45, 7) is 1.75. The van der Waals surface area contributed by atoms with Gasteiger partial charge in [-0.25, -0.2) is 0 Å². The monoisotopic (exact) mass is 313 g/mol. The van der Waals surface area contributed by atoms with E-state index < -0.39 is 0 Å². The van der Waals surface area contributed by atoms with Gasteiger partial charge in [0.05, 0.1) is 0 Å². The van der Waals surface area contributed by atoms with Crippen LogP contribution in [0.5, 0.6) is 0 Å². The highest BCUT2D eigenvalue weighted by Crippen LogP contribution is 2.20. The number of nitrogens with one attached hydrogen (secondary N) is 1. The van der Waals surface area contributed by atoms with Gasteiger partial charge < -0.3 is 16.0 Å². The minimum atomic E-state index is -0.0550. The molecule has 1 rings (SSSR count). The van der Waals surface area contributed by atoms with Crippen LogP contribution in [-0.4, -0.2) is 38.0 Å². The summed E-state index contributed by atoms with van der Waals surface area (Å²) < 4.78 is 0.753. The Morgan fingerprint density at radius 3 is 2.72 bits per heavy atom. The number of amides is 1. The van der Waals surface area contributed by atoms with Gasteiger partial charge in [0.1, 0.15) is 0 Å². The quantitative estimate of drug-likeness (QED) is 0.624. The average Bonchev–Trinajstić information content (AvgIpc) is 2.31. The normalized spacial score (nSPS) is 10.7. The molecule has 100 valence electrons. The van der Waals surface area contributed by atoms with Crippen molar-refractivity contribution in [1.82, 2.24) is 10.2 Å². The van der Waals surface area contributed by atoms with Gasteiger partial charge in [-0.1, -0.05) is 0 Å². The van der Waals surface area contributed by atoms with Crippen molar-refractivity contribution in [1.29, 1.82) is 0 Å². The number of nitrogens with zero attached hydrogens (tertiary/aromatic N) is 1. The lowest BCUT2D eigenvalue weighted by atomic mass is 10.2. The second kappa shape index (κ2) is 7.38. The van der Waals surface area contributed by atoms with E-state index in [1.807, 2.05) is 14.1 Å². The van der Waals surface area contributed by atoms with E-state index in [0.29, 0.717) is 17.8 Å². The fourth-order valence-electron chi connectivity index (χ4n) is 1.53. The number of carbonyl (C=O) groups excluding carboxylic acids is 1. The third-order valence-electron chi connectivity index (χ3n) is 2.58. The zero-order valence-electron chi connectivity index (χ0n) is 10.9. The highest BCUT2D eigenvalue weighted by Gasteiger charge is 2.06. The highest BCUT2D eigenvalue weighted by atomic mass is 79.9. The summed E-state index contributed by atoms with van der Waals surface area (Å²) in [6, 6.07) is 5.20. The van der Waals surface area contributed by atoms with Gasteiger partial charge in [0.2, 0.25) is 0 Å². The molecule has 1 amide bonds. The molecule has 0 atom stereocenters. The van der Waals surface area contributed by atoms with Crippen molar-refractivity contribution in [3.05, 3.63) is 28.2 Å². The lowest BCUT2D eigenvalue weighted by Gasteiger charge is -2.09. The van der Waals surface area contributed by atoms with Crippen LogP contribution in [0, 0.1) is 0 Å². The zero-order chi connectivity index (χ0) is 13.5. The second-order valence-electron chi connectivity index (χ2n) is 4.50. The Balaban J connectivity index is 2.34. The summed E-state index contributed by atoms with van der Waals surface area (Å²) in [5, 5.41) is 2.90. The second-order valence-corrected chi connectivity index (χ2v) is 5.36. The van der Waals surface area contributed by atoms with Gasteiger partial charge in [-0.3, -0.25) is 4.79 Å². The molecule has 1 aromatic carbocycles. The number of rotatable bonds is 6. The van der Waals surface area contributed by atoms with Crippen LogP contribution in [0.25, 0.3) is 0 Å². The predicted molar refractivity (Wildman–Crippen MR) is 78.7 cm³/mol. The van der Waals surface area contributed by atoms with Crippen molar-refractivity contribution in [3.63, 3.8) is 0 Å². The SMILES string of the molecule is CN(C)CCCCNC(=O)c1ccc(N)c(Br)c1. The van der Waals surface area contributed by atoms with Crippen LogP contribution < -0.4 is 11.1 Å². The van der Waals surface area contributed by atoms with E-state index in [-0.39, 0.29) is 5.91 Å². The van der Waals surface area contributed by atoms with Crippen molar-refractivity contribution in [3.8, 4) is 0 Å². The van der Waals surface area contributed by atoms with Crippen LogP contribution in [0.15, 0.2) is 22.7 Å². The van der Waals surface area contributed by atoms with Crippen LogP contribution in [0.3, 0.4) is 0 Å². The van der Waals surface area contributed by atoms with Crippen LogP contribution in [0.2, 0.25) is 0 Å². The molecule has 0 heterocycles. The molecule has 0 fully saturated rings. The fraction of sp³-hybridized carbons (Fsp3) is 0.462. The first-order valence-corrected chi connectivity index (χ1v) is 6.78. The van der Waals surface area contributed by atoms with E-state index in [2.05, 4.69) is 26.1 Å². The number of anilines is 1. The first kappa shape index (κ1) is 15.0. The molecule has 4 nitrogen and oxygen atoms in total. The van der Waals surface area contributed by atoms with Crippen LogP contribution in [-0.2, 0) is 0 Å². The van der Waals surface area contributed by atoms with Gasteiger partial charge in [-0.05, 0) is 67.6 Å². The molecule has 5 heteroatoms. The van der Waals surface area contributed by atoms with E-state index in [4.69, 9.17) is 5.73 Å². The van der Waals surface area contributed by atoms with E-state index in [9.17, 15) is 4.79 Å². The van der Waals surface area contributed by atoms with E-state index in [1.54, 1.807) is 18.2 Å². The minimum Gasteiger partial charge on any atom is -0.398 e. The Morgan fingerprint density at radius 2 is 2.11 bits per heavy atom. The number of benzene rings is 1. The minimum absolute atomic E-state index is 0.0550. The van der Waals surface area contributed by atoms with Crippen LogP contribution >= 0.6 is 15.9 Å². The molecule has 0 aliphatic heterocycles. The number of nitrogen functional groups attached to an aromatic ring is 1. The van der Waals surface area contributed by atoms with Gasteiger partial charge in [0.15, 0.2) is 0 Å². The molecule has 1 aromatic rings. The molecule has 0 aliphatic rings. The Bertz CT molecular complexity index is 407. The largest absolute Gasteiger partial charge is 0.398 e. The number of hydrogen-bond donors (Lipinski definition) is 2. The molecular weight excluding hydrogens is 294 g/mol. The first-order chi connectivity index (χ1) is 8.50. The maximum atomic E-state index is 11.8. The molecule has 0 aromatic heterocycles. The molecule has 0 saturated carbocycles. The summed E-state index contributed by atoms with van der Waals surface area (Å²) in [6.07, 6.45) is 2.07. The average molecular weight is 314 g/mol. The third-order valence-corrected chi connectivity index (χ3v) is 3.27. The van der Waals surface area contributed by atoms with Crippen LogP contribution in [0.4, 0.5) is 5.69 Å². The summed E-state index contributed by atoms with van der Waals surface area (Å²) in [5.74, 6) is -0.0550. The topological polar surface area (TPSA) is 58.4 Å². The highest BCUT2D eigenvalue weighted by molar-refractivity contribution is 9.10. The molecule has 0 saturated heterocycles. The molecule has 3 N–H and O–H groups in total. The van der Waals surface area contributed by atoms with Gasteiger partial charge in [0, 0.05) is 22.3 Å². The van der Waals surface area contributed by atoms with Crippen LogP contribution in [0.1, 0.15) is 23.2 Å². The van der Waals surface area contributed by atoms with Gasteiger partial charge in [-0.2, -0.15) is 0 Å². The number of hydrogen-bond acceptors (Lipinski definition) is 3. The summed E-state index contributed by atoms with van der Waals surface area (Å²) >= 11 is 3.31. The third kappa shape index (κ3) is 5.06. The number of unbranched alkanes of at least 4 members (excludes halogenated alkanes) is 1. The zero-order valence-corrected chi connectivity index (χ0v) is 12.5. The summed E-state index contributed by atoms with van der Waals surface area (Å²) in [4.78, 5) is 14.0. The van der Waals surface area contributed by atoms with Crippen molar-refractivity contribution in [2.75, 3.05) is 32.9 Å². The van der Waals surface area contributed by atoms with Crippen molar-refractivity contribution >= 4 is 27.5 Å². The predicted octanol–water partition coefficient (Wildman–Crippen LogP) is 2.10. The molecular formula is C13H20BrN3O. The number of carbonyl (C=O) groups is 1. The Kier molecular flexibility index (Phi) is 6.15. The Labute approximate surface area is 117 Å². The Hall–Kier alpha value is -1.07. The summed E-state index contributed by atoms with van der Waals surface area (Å²) in [5.41, 5.74) is 6.94. The van der Waals surface area contributed by atoms with Gasteiger partial charge in [-0.15, -0.1) is 0 Å². The van der Waals surface area contributed by atoms with Gasteiger partial charge >= 0.3 is 0 Å². The van der Waals surface area contributed by atoms with Gasteiger partial charge in [0.25, 0.3) is 5.91 Å². The van der Waals surface area contributed by atoms with E-state index in [0.717, 1.165) is 23.9 Å². The van der Waals surface area contributed by atoms with Crippen molar-refractivity contribution in [2.24, 2.45) is 0 Å². The summed E-state index contributed by atoms with van der Waals surface area (Å²) in [7, 11) is 4.09. The lowest BCUT2D eigenvalue weighted by Crippen LogP contribution is -2.25. The Morgan fingerprint density at radius 1 is 1.39 bits per heavy atom. The van der Waals surface area contributed by atoms with Crippen molar-refractivity contribution < 1.29 is 4.79 Å². The standard InChI is InChI=1S/C13H20BrN3O/c1-17(2)8-4-3-7-16-13(18)10-5-6-12(15)11(14)9-10/h5-6,9H,3-4,7-8,15H2,1-2H3,(H,16,18). The molecule has 0 spiro atoms. The smallest absolute Gasteiger partial charge is 0.251 e. The molecule has 18 heavy (non-hydrogen) atoms. The van der Waals surface area contributed by atoms with Crippen molar-refractivity contribution in [2.45, 2.75) is 12.8 Å².